The van der Waals surface area contributed by atoms with Gasteiger partial charge in [0.05, 0.1) is 0 Å². The minimum atomic E-state index is -0.565. The predicted octanol–water partition coefficient (Wildman–Crippen LogP) is 3.16. The summed E-state index contributed by atoms with van der Waals surface area (Å²) in [4.78, 5) is 25.4. The number of esters is 2. The number of piperidine rings is 1. The van der Waals surface area contributed by atoms with Gasteiger partial charge < -0.3 is 9.47 Å². The van der Waals surface area contributed by atoms with Crippen molar-refractivity contribution in [2.24, 2.45) is 0 Å². The van der Waals surface area contributed by atoms with Gasteiger partial charge in [0.1, 0.15) is 12.7 Å². The number of hydrogen-bond donors (Lipinski definition) is 0. The minimum Gasteiger partial charge on any atom is -0.460 e. The Morgan fingerprint density at radius 2 is 1.52 bits per heavy atom. The number of rotatable bonds is 7. The molecule has 0 aromatic carbocycles. The van der Waals surface area contributed by atoms with Crippen molar-refractivity contribution in [2.45, 2.75) is 32.8 Å². The van der Waals surface area contributed by atoms with Gasteiger partial charge in [-0.05, 0) is 25.9 Å². The van der Waals surface area contributed by atoms with Crippen LogP contribution >= 0.6 is 63.7 Å². The Morgan fingerprint density at radius 1 is 0.952 bits per heavy atom. The molecule has 0 N–H and O–H groups in total. The summed E-state index contributed by atoms with van der Waals surface area (Å²) in [6.45, 7) is 2.57. The molecule has 0 spiro atoms. The van der Waals surface area contributed by atoms with Crippen LogP contribution in [0, 0.1) is 0 Å². The van der Waals surface area contributed by atoms with Gasteiger partial charge in [0.2, 0.25) is 0 Å². The monoisotopic (exact) mass is 555 g/mol. The van der Waals surface area contributed by atoms with Crippen molar-refractivity contribution >= 4 is 75.7 Å². The Labute approximate surface area is 158 Å². The Bertz CT molecular complexity index is 348. The quantitative estimate of drug-likeness (QED) is 0.355. The minimum absolute atomic E-state index is 0.0431. The SMILES string of the molecule is O=C(OCC(CN1CCCCC1)OC(=O)C(Br)Br)C(Br)Br. The van der Waals surface area contributed by atoms with E-state index in [9.17, 15) is 9.59 Å². The molecule has 1 saturated heterocycles. The Balaban J connectivity index is 2.51. The first-order chi connectivity index (χ1) is 9.90. The maximum atomic E-state index is 11.7. The summed E-state index contributed by atoms with van der Waals surface area (Å²) < 4.78 is 9.36. The van der Waals surface area contributed by atoms with Gasteiger partial charge >= 0.3 is 11.9 Å². The lowest BCUT2D eigenvalue weighted by atomic mass is 10.1. The zero-order valence-electron chi connectivity index (χ0n) is 11.3. The normalized spacial score (nSPS) is 17.8. The molecule has 0 saturated carbocycles. The van der Waals surface area contributed by atoms with Gasteiger partial charge in [-0.15, -0.1) is 0 Å². The first-order valence-electron chi connectivity index (χ1n) is 6.56. The van der Waals surface area contributed by atoms with Crippen LogP contribution < -0.4 is 0 Å². The first kappa shape index (κ1) is 19.9. The molecular weight excluding hydrogens is 542 g/mol. The van der Waals surface area contributed by atoms with Crippen LogP contribution in [0.5, 0.6) is 0 Å². The summed E-state index contributed by atoms with van der Waals surface area (Å²) in [5, 5.41) is 0. The van der Waals surface area contributed by atoms with Crippen LogP contribution in [0.2, 0.25) is 0 Å². The second kappa shape index (κ2) is 10.6. The molecule has 1 rings (SSSR count). The van der Waals surface area contributed by atoms with E-state index < -0.39 is 25.5 Å². The lowest BCUT2D eigenvalue weighted by molar-refractivity contribution is -0.157. The molecule has 122 valence electrons. The fourth-order valence-electron chi connectivity index (χ4n) is 2.01. The molecule has 1 aliphatic heterocycles. The number of likely N-dealkylation sites (tertiary alicyclic amines) is 1. The van der Waals surface area contributed by atoms with Gasteiger partial charge in [-0.2, -0.15) is 0 Å². The van der Waals surface area contributed by atoms with Gasteiger partial charge in [0.15, 0.2) is 7.47 Å². The average Bonchev–Trinajstić information content (AvgIpc) is 2.45. The lowest BCUT2D eigenvalue weighted by Crippen LogP contribution is -2.41. The molecule has 1 atom stereocenters. The fourth-order valence-corrected chi connectivity index (χ4v) is 2.49. The average molecular weight is 559 g/mol. The molecule has 1 aliphatic rings. The Kier molecular flexibility index (Phi) is 10.00. The van der Waals surface area contributed by atoms with Crippen molar-refractivity contribution < 1.29 is 19.1 Å². The highest BCUT2D eigenvalue weighted by molar-refractivity contribution is 9.25. The Morgan fingerprint density at radius 3 is 2.05 bits per heavy atom. The van der Waals surface area contributed by atoms with Crippen molar-refractivity contribution in [3.05, 3.63) is 0 Å². The molecule has 21 heavy (non-hydrogen) atoms. The number of ether oxygens (including phenoxy) is 2. The van der Waals surface area contributed by atoms with E-state index in [-0.39, 0.29) is 6.61 Å². The van der Waals surface area contributed by atoms with E-state index in [0.29, 0.717) is 6.54 Å². The third-order valence-corrected chi connectivity index (χ3v) is 4.46. The van der Waals surface area contributed by atoms with Crippen LogP contribution in [-0.4, -0.2) is 56.7 Å². The molecule has 5 nitrogen and oxygen atoms in total. The van der Waals surface area contributed by atoms with E-state index in [2.05, 4.69) is 68.6 Å². The van der Waals surface area contributed by atoms with Gasteiger partial charge in [-0.3, -0.25) is 4.90 Å². The molecule has 1 unspecified atom stereocenters. The van der Waals surface area contributed by atoms with Crippen molar-refractivity contribution in [1.82, 2.24) is 4.90 Å². The number of nitrogens with zero attached hydrogens (tertiary/aromatic N) is 1. The third-order valence-electron chi connectivity index (χ3n) is 2.96. The van der Waals surface area contributed by atoms with E-state index in [1.165, 1.54) is 6.42 Å². The van der Waals surface area contributed by atoms with E-state index in [1.54, 1.807) is 0 Å². The molecule has 0 bridgehead atoms. The largest absolute Gasteiger partial charge is 0.460 e. The van der Waals surface area contributed by atoms with Gasteiger partial charge in [-0.1, -0.05) is 70.1 Å². The number of carbonyl (C=O) groups excluding carboxylic acids is 2. The molecule has 0 amide bonds. The van der Waals surface area contributed by atoms with Crippen LogP contribution in [-0.2, 0) is 19.1 Å². The second-order valence-electron chi connectivity index (χ2n) is 4.65. The molecule has 9 heteroatoms. The molecule has 0 aliphatic carbocycles. The standard InChI is InChI=1S/C12H17Br4NO4/c13-9(14)11(18)20-7-8(21-12(19)10(15)16)6-17-4-2-1-3-5-17/h8-10H,1-7H2. The molecule has 1 fully saturated rings. The molecule has 0 radical (unpaired) electrons. The third kappa shape index (κ3) is 8.29. The van der Waals surface area contributed by atoms with Crippen LogP contribution in [0.25, 0.3) is 0 Å². The van der Waals surface area contributed by atoms with E-state index in [4.69, 9.17) is 9.47 Å². The highest BCUT2D eigenvalue weighted by atomic mass is 79.9. The Hall–Kier alpha value is 0.820. The molecular formula is C12H17Br4NO4. The highest BCUT2D eigenvalue weighted by Gasteiger charge is 2.24. The van der Waals surface area contributed by atoms with E-state index >= 15 is 0 Å². The van der Waals surface area contributed by atoms with Gasteiger partial charge in [0, 0.05) is 6.54 Å². The summed E-state index contributed by atoms with van der Waals surface area (Å²) in [5.74, 6) is -0.869. The predicted molar refractivity (Wildman–Crippen MR) is 94.4 cm³/mol. The maximum absolute atomic E-state index is 11.7. The number of hydrogen-bond acceptors (Lipinski definition) is 5. The smallest absolute Gasteiger partial charge is 0.331 e. The topological polar surface area (TPSA) is 55.8 Å². The molecule has 0 aromatic rings. The zero-order valence-corrected chi connectivity index (χ0v) is 17.6. The summed E-state index contributed by atoms with van der Waals surface area (Å²) in [7, 11) is 0. The van der Waals surface area contributed by atoms with Crippen molar-refractivity contribution in [3.8, 4) is 0 Å². The van der Waals surface area contributed by atoms with Crippen LogP contribution in [0.4, 0.5) is 0 Å². The summed E-state index contributed by atoms with van der Waals surface area (Å²) in [6.07, 6.45) is 3.04. The van der Waals surface area contributed by atoms with E-state index in [1.807, 2.05) is 0 Å². The first-order valence-corrected chi connectivity index (χ1v) is 10.2. The highest BCUT2D eigenvalue weighted by Crippen LogP contribution is 2.15. The van der Waals surface area contributed by atoms with Crippen molar-refractivity contribution in [2.75, 3.05) is 26.2 Å². The summed E-state index contributed by atoms with van der Waals surface area (Å²) in [5.41, 5.74) is 0. The second-order valence-corrected chi connectivity index (χ2v) is 10.8. The number of carbonyl (C=O) groups is 2. The molecule has 1 heterocycles. The van der Waals surface area contributed by atoms with Crippen LogP contribution in [0.1, 0.15) is 19.3 Å². The summed E-state index contributed by atoms with van der Waals surface area (Å²) in [6, 6.07) is 0. The lowest BCUT2D eigenvalue weighted by Gasteiger charge is -2.30. The van der Waals surface area contributed by atoms with Gasteiger partial charge in [-0.25, -0.2) is 9.59 Å². The maximum Gasteiger partial charge on any atom is 0.331 e. The van der Waals surface area contributed by atoms with Crippen LogP contribution in [0.3, 0.4) is 0 Å². The van der Waals surface area contributed by atoms with Crippen molar-refractivity contribution in [1.29, 1.82) is 0 Å². The number of halogens is 4. The zero-order chi connectivity index (χ0) is 15.8. The summed E-state index contributed by atoms with van der Waals surface area (Å²) >= 11 is 12.3. The molecule has 0 aromatic heterocycles. The van der Waals surface area contributed by atoms with Crippen LogP contribution in [0.15, 0.2) is 0 Å². The van der Waals surface area contributed by atoms with E-state index in [0.717, 1.165) is 25.9 Å². The fraction of sp³-hybridized carbons (Fsp3) is 0.833. The van der Waals surface area contributed by atoms with Gasteiger partial charge in [0.25, 0.3) is 0 Å². The van der Waals surface area contributed by atoms with Crippen molar-refractivity contribution in [3.63, 3.8) is 0 Å². The number of alkyl halides is 4.